The summed E-state index contributed by atoms with van der Waals surface area (Å²) in [4.78, 5) is 50.5. The average molecular weight is 284 g/mol. The van der Waals surface area contributed by atoms with Crippen molar-refractivity contribution in [3.63, 3.8) is 0 Å². The second kappa shape index (κ2) is 4.41. The average Bonchev–Trinajstić information content (AvgIpc) is 2.43. The number of ketones is 2. The van der Waals surface area contributed by atoms with E-state index in [9.17, 15) is 24.3 Å². The number of aromatic nitrogens is 2. The van der Waals surface area contributed by atoms with Crippen LogP contribution in [-0.4, -0.2) is 26.6 Å². The van der Waals surface area contributed by atoms with E-state index in [1.54, 1.807) is 18.2 Å². The van der Waals surface area contributed by atoms with Crippen LogP contribution in [0, 0.1) is 0 Å². The Hall–Kier alpha value is -3.22. The van der Waals surface area contributed by atoms with Crippen molar-refractivity contribution >= 4 is 17.1 Å². The van der Waals surface area contributed by atoms with Gasteiger partial charge in [-0.1, -0.05) is 24.3 Å². The Morgan fingerprint density at radius 3 is 2.24 bits per heavy atom. The molecule has 0 amide bonds. The zero-order valence-corrected chi connectivity index (χ0v) is 10.5. The number of fused-ring (bicyclic) bond motifs is 1. The normalized spacial score (nSPS) is 13.8. The number of Topliss-reactive ketones (excluding diaryl/α,β-unsaturated/α-hetero) is 1. The first kappa shape index (κ1) is 12.8. The molecule has 0 saturated carbocycles. The van der Waals surface area contributed by atoms with Gasteiger partial charge in [-0.3, -0.25) is 24.4 Å². The molecule has 2 aromatic rings. The standard InChI is InChI=1S/C14H8N2O5/c17-9-5-8(6-3-1-2-4-7(6)11(9)18)10-12(19)15-14(21)16-13(10)20/h1-5H,(H3,15,16,19,20,21). The van der Waals surface area contributed by atoms with Gasteiger partial charge in [0.15, 0.2) is 0 Å². The van der Waals surface area contributed by atoms with Gasteiger partial charge in [-0.15, -0.1) is 0 Å². The highest BCUT2D eigenvalue weighted by atomic mass is 16.3. The molecule has 1 aliphatic rings. The number of nitrogens with one attached hydrogen (secondary N) is 2. The van der Waals surface area contributed by atoms with Crippen LogP contribution in [0.1, 0.15) is 21.5 Å². The van der Waals surface area contributed by atoms with Crippen LogP contribution >= 0.6 is 0 Å². The fourth-order valence-corrected chi connectivity index (χ4v) is 2.25. The van der Waals surface area contributed by atoms with Gasteiger partial charge in [0.2, 0.25) is 17.4 Å². The summed E-state index contributed by atoms with van der Waals surface area (Å²) in [6.45, 7) is 0. The van der Waals surface area contributed by atoms with Gasteiger partial charge in [0.25, 0.3) is 5.56 Å². The van der Waals surface area contributed by atoms with Crippen molar-refractivity contribution in [1.82, 2.24) is 9.97 Å². The fraction of sp³-hybridized carbons (Fsp3) is 0. The molecule has 0 unspecified atom stereocenters. The smallest absolute Gasteiger partial charge is 0.328 e. The lowest BCUT2D eigenvalue weighted by molar-refractivity contribution is -0.111. The first-order valence-electron chi connectivity index (χ1n) is 5.94. The molecule has 21 heavy (non-hydrogen) atoms. The molecule has 7 nitrogen and oxygen atoms in total. The summed E-state index contributed by atoms with van der Waals surface area (Å²) in [6, 6.07) is 6.23. The SMILES string of the molecule is O=C1C=C(c2c(O)[nH]c(=O)[nH]c2=O)c2ccccc2C1=O. The molecule has 1 aromatic carbocycles. The summed E-state index contributed by atoms with van der Waals surface area (Å²) in [5, 5.41) is 9.79. The van der Waals surface area contributed by atoms with Crippen molar-refractivity contribution in [1.29, 1.82) is 0 Å². The van der Waals surface area contributed by atoms with Gasteiger partial charge in [-0.25, -0.2) is 4.79 Å². The van der Waals surface area contributed by atoms with Crippen molar-refractivity contribution in [3.8, 4) is 5.88 Å². The van der Waals surface area contributed by atoms with Crippen LogP contribution < -0.4 is 11.2 Å². The number of allylic oxidation sites excluding steroid dienone is 1. The largest absolute Gasteiger partial charge is 0.494 e. The topological polar surface area (TPSA) is 120 Å². The van der Waals surface area contributed by atoms with Crippen molar-refractivity contribution in [3.05, 3.63) is 67.9 Å². The van der Waals surface area contributed by atoms with Crippen molar-refractivity contribution < 1.29 is 14.7 Å². The van der Waals surface area contributed by atoms with Gasteiger partial charge >= 0.3 is 5.69 Å². The second-order valence-electron chi connectivity index (χ2n) is 4.43. The number of aromatic hydroxyl groups is 1. The van der Waals surface area contributed by atoms with Crippen LogP contribution in [0.4, 0.5) is 0 Å². The second-order valence-corrected chi connectivity index (χ2v) is 4.43. The van der Waals surface area contributed by atoms with Gasteiger partial charge in [0, 0.05) is 11.1 Å². The summed E-state index contributed by atoms with van der Waals surface area (Å²) < 4.78 is 0. The Morgan fingerprint density at radius 1 is 0.905 bits per heavy atom. The minimum atomic E-state index is -0.867. The summed E-state index contributed by atoms with van der Waals surface area (Å²) in [7, 11) is 0. The first-order valence-corrected chi connectivity index (χ1v) is 5.94. The van der Waals surface area contributed by atoms with Crippen molar-refractivity contribution in [2.75, 3.05) is 0 Å². The quantitative estimate of drug-likeness (QED) is 0.635. The van der Waals surface area contributed by atoms with Crippen LogP contribution in [0.2, 0.25) is 0 Å². The van der Waals surface area contributed by atoms with E-state index in [4.69, 9.17) is 0 Å². The molecule has 3 rings (SSSR count). The van der Waals surface area contributed by atoms with E-state index in [1.165, 1.54) is 6.07 Å². The zero-order chi connectivity index (χ0) is 15.1. The van der Waals surface area contributed by atoms with Crippen LogP contribution in [0.25, 0.3) is 5.57 Å². The van der Waals surface area contributed by atoms with Gasteiger partial charge in [-0.2, -0.15) is 0 Å². The minimum absolute atomic E-state index is 0.0881. The maximum absolute atomic E-state index is 11.9. The molecule has 1 heterocycles. The fourth-order valence-electron chi connectivity index (χ4n) is 2.25. The maximum Gasteiger partial charge on any atom is 0.328 e. The van der Waals surface area contributed by atoms with Crippen LogP contribution in [0.3, 0.4) is 0 Å². The van der Waals surface area contributed by atoms with E-state index in [-0.39, 0.29) is 16.7 Å². The molecule has 0 spiro atoms. The highest BCUT2D eigenvalue weighted by Gasteiger charge is 2.28. The van der Waals surface area contributed by atoms with E-state index >= 15 is 0 Å². The number of rotatable bonds is 1. The third-order valence-corrected chi connectivity index (χ3v) is 3.15. The number of hydrogen-bond donors (Lipinski definition) is 3. The molecule has 0 atom stereocenters. The Balaban J connectivity index is 2.36. The van der Waals surface area contributed by atoms with Gasteiger partial charge < -0.3 is 5.11 Å². The predicted molar refractivity (Wildman–Crippen MR) is 72.2 cm³/mol. The predicted octanol–water partition coefficient (Wildman–Crippen LogP) is -0.0341. The third-order valence-electron chi connectivity index (χ3n) is 3.15. The molecular formula is C14H8N2O5. The van der Waals surface area contributed by atoms with E-state index in [1.807, 2.05) is 9.97 Å². The molecule has 0 aliphatic heterocycles. The van der Waals surface area contributed by atoms with Crippen molar-refractivity contribution in [2.24, 2.45) is 0 Å². The Kier molecular flexibility index (Phi) is 2.69. The number of carbonyl (C=O) groups is 2. The molecule has 1 aliphatic carbocycles. The molecule has 0 radical (unpaired) electrons. The summed E-state index contributed by atoms with van der Waals surface area (Å²) in [6.07, 6.45) is 0.979. The number of aromatic amines is 2. The number of hydrogen-bond acceptors (Lipinski definition) is 5. The number of carbonyl (C=O) groups excluding carboxylic acids is 2. The van der Waals surface area contributed by atoms with Crippen molar-refractivity contribution in [2.45, 2.75) is 0 Å². The van der Waals surface area contributed by atoms with Gasteiger partial charge in [-0.05, 0) is 11.6 Å². The summed E-state index contributed by atoms with van der Waals surface area (Å²) in [5.74, 6) is -2.14. The van der Waals surface area contributed by atoms with E-state index in [0.717, 1.165) is 6.08 Å². The Labute approximate surface area is 116 Å². The van der Waals surface area contributed by atoms with Crippen LogP contribution in [0.5, 0.6) is 5.88 Å². The van der Waals surface area contributed by atoms with Crippen LogP contribution in [-0.2, 0) is 4.79 Å². The zero-order valence-electron chi connectivity index (χ0n) is 10.5. The molecule has 0 fully saturated rings. The van der Waals surface area contributed by atoms with Crippen LogP contribution in [0.15, 0.2) is 39.9 Å². The third kappa shape index (κ3) is 1.91. The highest BCUT2D eigenvalue weighted by molar-refractivity contribution is 6.51. The summed E-state index contributed by atoms with van der Waals surface area (Å²) in [5.41, 5.74) is -1.40. The maximum atomic E-state index is 11.9. The molecule has 0 saturated heterocycles. The lowest BCUT2D eigenvalue weighted by atomic mass is 9.86. The molecule has 0 bridgehead atoms. The molecule has 3 N–H and O–H groups in total. The van der Waals surface area contributed by atoms with E-state index < -0.39 is 28.7 Å². The molecule has 7 heteroatoms. The number of H-pyrrole nitrogens is 2. The van der Waals surface area contributed by atoms with Gasteiger partial charge in [0.1, 0.15) is 5.56 Å². The Morgan fingerprint density at radius 2 is 1.57 bits per heavy atom. The van der Waals surface area contributed by atoms with E-state index in [2.05, 4.69) is 0 Å². The van der Waals surface area contributed by atoms with Gasteiger partial charge in [0.05, 0.1) is 0 Å². The highest BCUT2D eigenvalue weighted by Crippen LogP contribution is 2.31. The molecule has 1 aromatic heterocycles. The van der Waals surface area contributed by atoms with E-state index in [0.29, 0.717) is 5.56 Å². The monoisotopic (exact) mass is 284 g/mol. The lowest BCUT2D eigenvalue weighted by Gasteiger charge is -2.15. The first-order chi connectivity index (χ1) is 9.99. The minimum Gasteiger partial charge on any atom is -0.494 e. The molecular weight excluding hydrogens is 276 g/mol. The molecule has 104 valence electrons. The number of benzene rings is 1. The summed E-state index contributed by atoms with van der Waals surface area (Å²) >= 11 is 0. The Bertz CT molecular complexity index is 933. The lowest BCUT2D eigenvalue weighted by Crippen LogP contribution is -2.27.